The number of rotatable bonds is 4. The molecule has 0 radical (unpaired) electrons. The van der Waals surface area contributed by atoms with Crippen LogP contribution in [0.3, 0.4) is 0 Å². The van der Waals surface area contributed by atoms with Gasteiger partial charge in [-0.1, -0.05) is 0 Å². The zero-order valence-electron chi connectivity index (χ0n) is 11.1. The number of benzene rings is 1. The van der Waals surface area contributed by atoms with Gasteiger partial charge in [-0.25, -0.2) is 0 Å². The third-order valence-electron chi connectivity index (χ3n) is 3.16. The predicted molar refractivity (Wildman–Crippen MR) is 79.5 cm³/mol. The van der Waals surface area contributed by atoms with Crippen molar-refractivity contribution in [1.29, 1.82) is 0 Å². The van der Waals surface area contributed by atoms with Gasteiger partial charge in [0, 0.05) is 17.3 Å². The van der Waals surface area contributed by atoms with Gasteiger partial charge in [-0.15, -0.1) is 0 Å². The molecule has 21 heavy (non-hydrogen) atoms. The van der Waals surface area contributed by atoms with E-state index in [0.717, 1.165) is 12.8 Å². The Labute approximate surface area is 126 Å². The van der Waals surface area contributed by atoms with Crippen LogP contribution in [0.5, 0.6) is 0 Å². The monoisotopic (exact) mass is 304 g/mol. The fourth-order valence-electron chi connectivity index (χ4n) is 1.86. The number of amides is 2. The van der Waals surface area contributed by atoms with Crippen LogP contribution in [-0.2, 0) is 4.79 Å². The smallest absolute Gasteiger partial charge is 0.291 e. The lowest BCUT2D eigenvalue weighted by molar-refractivity contribution is -0.117. The van der Waals surface area contributed by atoms with Gasteiger partial charge in [-0.05, 0) is 60.8 Å². The van der Waals surface area contributed by atoms with Gasteiger partial charge in [0.05, 0.1) is 0 Å². The number of halogens is 1. The zero-order chi connectivity index (χ0) is 14.8. The molecule has 1 aromatic carbocycles. The van der Waals surface area contributed by atoms with Crippen molar-refractivity contribution in [3.05, 3.63) is 47.4 Å². The van der Waals surface area contributed by atoms with Gasteiger partial charge in [0.15, 0.2) is 11.0 Å². The number of nitrogens with one attached hydrogen (secondary N) is 2. The summed E-state index contributed by atoms with van der Waals surface area (Å²) in [6, 6.07) is 9.92. The third kappa shape index (κ3) is 3.44. The minimum atomic E-state index is -0.378. The Morgan fingerprint density at radius 1 is 1.00 bits per heavy atom. The summed E-state index contributed by atoms with van der Waals surface area (Å²) in [6.45, 7) is 0. The summed E-state index contributed by atoms with van der Waals surface area (Å²) < 4.78 is 5.02. The molecule has 5 nitrogen and oxygen atoms in total. The second kappa shape index (κ2) is 5.61. The molecule has 0 spiro atoms. The molecule has 2 N–H and O–H groups in total. The standard InChI is InChI=1S/C15H13ClN2O3/c16-13-8-7-12(21-13)15(20)18-11-5-3-10(4-6-11)17-14(19)9-1-2-9/h3-9H,1-2H2,(H,17,19)(H,18,20). The molecule has 1 aromatic heterocycles. The van der Waals surface area contributed by atoms with E-state index in [4.69, 9.17) is 16.0 Å². The van der Waals surface area contributed by atoms with Crippen LogP contribution in [0.4, 0.5) is 11.4 Å². The zero-order valence-corrected chi connectivity index (χ0v) is 11.8. The van der Waals surface area contributed by atoms with Crippen molar-refractivity contribution in [2.24, 2.45) is 5.92 Å². The Morgan fingerprint density at radius 3 is 2.14 bits per heavy atom. The molecule has 1 aliphatic carbocycles. The molecular weight excluding hydrogens is 292 g/mol. The van der Waals surface area contributed by atoms with E-state index in [1.807, 2.05) is 0 Å². The summed E-state index contributed by atoms with van der Waals surface area (Å²) in [4.78, 5) is 23.5. The maximum atomic E-state index is 11.9. The Kier molecular flexibility index (Phi) is 3.66. The van der Waals surface area contributed by atoms with Crippen molar-refractivity contribution in [2.45, 2.75) is 12.8 Å². The van der Waals surface area contributed by atoms with Crippen LogP contribution in [0.15, 0.2) is 40.8 Å². The van der Waals surface area contributed by atoms with E-state index in [1.165, 1.54) is 12.1 Å². The van der Waals surface area contributed by atoms with Crippen molar-refractivity contribution < 1.29 is 14.0 Å². The Hall–Kier alpha value is -2.27. The van der Waals surface area contributed by atoms with Crippen LogP contribution in [0, 0.1) is 5.92 Å². The van der Waals surface area contributed by atoms with E-state index < -0.39 is 0 Å². The van der Waals surface area contributed by atoms with Crippen LogP contribution in [0.2, 0.25) is 5.22 Å². The second-order valence-corrected chi connectivity index (χ2v) is 5.27. The normalized spacial score (nSPS) is 13.8. The Morgan fingerprint density at radius 2 is 1.62 bits per heavy atom. The first-order valence-corrected chi connectivity index (χ1v) is 6.97. The van der Waals surface area contributed by atoms with E-state index in [-0.39, 0.29) is 28.7 Å². The fraction of sp³-hybridized carbons (Fsp3) is 0.200. The number of carbonyl (C=O) groups excluding carboxylic acids is 2. The van der Waals surface area contributed by atoms with E-state index >= 15 is 0 Å². The first-order chi connectivity index (χ1) is 10.1. The molecule has 2 amide bonds. The number of carbonyl (C=O) groups is 2. The first kappa shape index (κ1) is 13.7. The molecule has 6 heteroatoms. The van der Waals surface area contributed by atoms with Crippen LogP contribution in [-0.4, -0.2) is 11.8 Å². The molecule has 3 rings (SSSR count). The lowest BCUT2D eigenvalue weighted by Gasteiger charge is -2.06. The van der Waals surface area contributed by atoms with Gasteiger partial charge < -0.3 is 15.1 Å². The predicted octanol–water partition coefficient (Wildman–Crippen LogP) is 3.53. The molecule has 0 aliphatic heterocycles. The van der Waals surface area contributed by atoms with Crippen molar-refractivity contribution in [3.63, 3.8) is 0 Å². The quantitative estimate of drug-likeness (QED) is 0.907. The van der Waals surface area contributed by atoms with Crippen LogP contribution >= 0.6 is 11.6 Å². The number of furan rings is 1. The fourth-order valence-corrected chi connectivity index (χ4v) is 2.00. The van der Waals surface area contributed by atoms with Gasteiger partial charge >= 0.3 is 0 Å². The number of hydrogen-bond acceptors (Lipinski definition) is 3. The van der Waals surface area contributed by atoms with Gasteiger partial charge in [0.1, 0.15) is 0 Å². The Bertz CT molecular complexity index is 674. The summed E-state index contributed by atoms with van der Waals surface area (Å²) in [5.41, 5.74) is 1.32. The third-order valence-corrected chi connectivity index (χ3v) is 3.36. The SMILES string of the molecule is O=C(Nc1ccc(NC(=O)C2CC2)cc1)c1ccc(Cl)o1. The van der Waals surface area contributed by atoms with E-state index in [0.29, 0.717) is 11.4 Å². The Balaban J connectivity index is 1.61. The van der Waals surface area contributed by atoms with Crippen LogP contribution in [0.25, 0.3) is 0 Å². The highest BCUT2D eigenvalue weighted by atomic mass is 35.5. The van der Waals surface area contributed by atoms with Crippen LogP contribution < -0.4 is 10.6 Å². The van der Waals surface area contributed by atoms with Gasteiger partial charge in [0.25, 0.3) is 5.91 Å². The lowest BCUT2D eigenvalue weighted by atomic mass is 10.2. The average molecular weight is 305 g/mol. The van der Waals surface area contributed by atoms with Crippen molar-refractivity contribution >= 4 is 34.8 Å². The molecule has 0 unspecified atom stereocenters. The second-order valence-electron chi connectivity index (χ2n) is 4.90. The first-order valence-electron chi connectivity index (χ1n) is 6.59. The summed E-state index contributed by atoms with van der Waals surface area (Å²) in [7, 11) is 0. The van der Waals surface area contributed by atoms with Gasteiger partial charge in [-0.3, -0.25) is 9.59 Å². The van der Waals surface area contributed by atoms with E-state index in [1.54, 1.807) is 24.3 Å². The number of anilines is 2. The van der Waals surface area contributed by atoms with Crippen molar-refractivity contribution in [1.82, 2.24) is 0 Å². The summed E-state index contributed by atoms with van der Waals surface area (Å²) in [6.07, 6.45) is 1.93. The molecule has 1 aliphatic rings. The summed E-state index contributed by atoms with van der Waals surface area (Å²) in [5, 5.41) is 5.68. The van der Waals surface area contributed by atoms with Crippen molar-refractivity contribution in [2.75, 3.05) is 10.6 Å². The maximum absolute atomic E-state index is 11.9. The molecular formula is C15H13ClN2O3. The molecule has 1 fully saturated rings. The van der Waals surface area contributed by atoms with Gasteiger partial charge in [-0.2, -0.15) is 0 Å². The number of hydrogen-bond donors (Lipinski definition) is 2. The molecule has 108 valence electrons. The molecule has 0 atom stereocenters. The van der Waals surface area contributed by atoms with E-state index in [2.05, 4.69) is 10.6 Å². The lowest BCUT2D eigenvalue weighted by Crippen LogP contribution is -2.13. The molecule has 1 heterocycles. The summed E-state index contributed by atoms with van der Waals surface area (Å²) in [5.74, 6) is -0.0205. The highest BCUT2D eigenvalue weighted by molar-refractivity contribution is 6.29. The topological polar surface area (TPSA) is 71.3 Å². The average Bonchev–Trinajstić information content (AvgIpc) is 3.23. The van der Waals surface area contributed by atoms with E-state index in [9.17, 15) is 9.59 Å². The minimum Gasteiger partial charge on any atom is -0.440 e. The van der Waals surface area contributed by atoms with Crippen molar-refractivity contribution in [3.8, 4) is 0 Å². The van der Waals surface area contributed by atoms with Crippen LogP contribution in [0.1, 0.15) is 23.4 Å². The molecule has 0 bridgehead atoms. The minimum absolute atomic E-state index is 0.0528. The largest absolute Gasteiger partial charge is 0.440 e. The highest BCUT2D eigenvalue weighted by Gasteiger charge is 2.29. The molecule has 1 saturated carbocycles. The summed E-state index contributed by atoms with van der Waals surface area (Å²) >= 11 is 5.62. The molecule has 2 aromatic rings. The van der Waals surface area contributed by atoms with Gasteiger partial charge in [0.2, 0.25) is 5.91 Å². The highest BCUT2D eigenvalue weighted by Crippen LogP contribution is 2.30. The molecule has 0 saturated heterocycles. The maximum Gasteiger partial charge on any atom is 0.291 e.